The van der Waals surface area contributed by atoms with Gasteiger partial charge in [0.15, 0.2) is 0 Å². The summed E-state index contributed by atoms with van der Waals surface area (Å²) in [5.74, 6) is 0. The molecule has 0 saturated heterocycles. The molecular formula is C28H22Br2Cl2SiZr. The summed E-state index contributed by atoms with van der Waals surface area (Å²) in [4.78, 5) is 0. The molecule has 170 valence electrons. The molecule has 0 saturated carbocycles. The van der Waals surface area contributed by atoms with Crippen LogP contribution in [0.4, 0.5) is 0 Å². The average molecular weight is 709 g/mol. The molecule has 0 bridgehead atoms. The van der Waals surface area contributed by atoms with Crippen LogP contribution in [-0.2, 0) is 20.8 Å². The van der Waals surface area contributed by atoms with Gasteiger partial charge in [0.25, 0.3) is 0 Å². The van der Waals surface area contributed by atoms with Crippen LogP contribution in [0, 0.1) is 0 Å². The molecule has 0 aromatic heterocycles. The second-order valence-electron chi connectivity index (χ2n) is 7.50. The molecule has 0 N–H and O–H groups in total. The van der Waals surface area contributed by atoms with Gasteiger partial charge < -0.3 is 0 Å². The molecule has 0 heterocycles. The van der Waals surface area contributed by atoms with Crippen LogP contribution in [0.15, 0.2) is 106 Å². The predicted molar refractivity (Wildman–Crippen MR) is 159 cm³/mol. The minimum atomic E-state index is -0.826. The first-order chi connectivity index (χ1) is 16.5. The summed E-state index contributed by atoms with van der Waals surface area (Å²) in [5.41, 5.74) is 0. The molecule has 0 spiro atoms. The van der Waals surface area contributed by atoms with Crippen LogP contribution >= 0.6 is 48.9 Å². The summed E-state index contributed by atoms with van der Waals surface area (Å²) >= 11 is 6.15. The number of fused-ring (bicyclic) bond motifs is 6. The minimum absolute atomic E-state index is 0.826. The van der Waals surface area contributed by atoms with E-state index in [1.165, 1.54) is 43.1 Å². The molecule has 0 nitrogen and oxygen atoms in total. The average Bonchev–Trinajstić information content (AvgIpc) is 3.37. The quantitative estimate of drug-likeness (QED) is 0.109. The Balaban J connectivity index is 0.000000156. The second-order valence-corrected chi connectivity index (χ2v) is 14.1. The van der Waals surface area contributed by atoms with Gasteiger partial charge >= 0.3 is 37.9 Å². The fourth-order valence-electron chi connectivity index (χ4n) is 3.87. The van der Waals surface area contributed by atoms with E-state index < -0.39 is 20.8 Å². The third kappa shape index (κ3) is 7.15. The van der Waals surface area contributed by atoms with Crippen molar-refractivity contribution in [2.24, 2.45) is 0 Å². The molecule has 0 fully saturated rings. The van der Waals surface area contributed by atoms with Crippen molar-refractivity contribution in [1.29, 1.82) is 0 Å². The van der Waals surface area contributed by atoms with Gasteiger partial charge in [-0.15, -0.1) is 79.5 Å². The molecule has 0 amide bonds. The van der Waals surface area contributed by atoms with Crippen molar-refractivity contribution in [2.75, 3.05) is 0 Å². The van der Waals surface area contributed by atoms with Crippen LogP contribution in [-0.4, -0.2) is 9.52 Å². The Kier molecular flexibility index (Phi) is 11.6. The van der Waals surface area contributed by atoms with Gasteiger partial charge in [0.05, 0.1) is 0 Å². The first-order valence-corrected chi connectivity index (χ1v) is 20.5. The first kappa shape index (κ1) is 27.8. The van der Waals surface area contributed by atoms with Gasteiger partial charge in [-0.25, -0.2) is 0 Å². The number of halogens is 4. The third-order valence-electron chi connectivity index (χ3n) is 5.15. The Hall–Kier alpha value is -0.740. The maximum absolute atomic E-state index is 4.93. The van der Waals surface area contributed by atoms with Crippen molar-refractivity contribution in [3.63, 3.8) is 0 Å². The zero-order valence-corrected chi connectivity index (χ0v) is 26.9. The Labute approximate surface area is 239 Å². The van der Waals surface area contributed by atoms with E-state index in [1.54, 1.807) is 0 Å². The zero-order chi connectivity index (χ0) is 24.5. The normalized spacial score (nSPS) is 10.1. The predicted octanol–water partition coefficient (Wildman–Crippen LogP) is 11.1. The van der Waals surface area contributed by atoms with E-state index in [4.69, 9.17) is 17.0 Å². The molecule has 2 radical (unpaired) electrons. The number of rotatable bonds is 0. The fraction of sp³-hybridized carbons (Fsp3) is 0.0714. The molecule has 6 heteroatoms. The van der Waals surface area contributed by atoms with Gasteiger partial charge in [-0.2, -0.15) is 0 Å². The van der Waals surface area contributed by atoms with E-state index in [2.05, 4.69) is 142 Å². The monoisotopic (exact) mass is 704 g/mol. The summed E-state index contributed by atoms with van der Waals surface area (Å²) in [6.45, 7) is 4.31. The summed E-state index contributed by atoms with van der Waals surface area (Å²) in [7, 11) is 11.0. The summed E-state index contributed by atoms with van der Waals surface area (Å²) in [5, 5.41) is 10.6. The molecule has 6 rings (SSSR count). The molecule has 0 aliphatic carbocycles. The second kappa shape index (κ2) is 14.1. The van der Waals surface area contributed by atoms with Gasteiger partial charge in [0.2, 0.25) is 0 Å². The molecule has 0 aliphatic rings. The Morgan fingerprint density at radius 3 is 1.29 bits per heavy atom. The first-order valence-electron chi connectivity index (χ1n) is 10.5. The van der Waals surface area contributed by atoms with Gasteiger partial charge in [-0.05, 0) is 8.95 Å². The van der Waals surface area contributed by atoms with Gasteiger partial charge in [-0.1, -0.05) is 106 Å². The zero-order valence-electron chi connectivity index (χ0n) is 18.7. The fourth-order valence-corrected chi connectivity index (χ4v) is 4.63. The van der Waals surface area contributed by atoms with E-state index in [9.17, 15) is 0 Å². The van der Waals surface area contributed by atoms with Crippen LogP contribution in [0.1, 0.15) is 0 Å². The summed E-state index contributed by atoms with van der Waals surface area (Å²) in [6, 6.07) is 34.3. The van der Waals surface area contributed by atoms with Crippen LogP contribution < -0.4 is 0 Å². The topological polar surface area (TPSA) is 0 Å². The van der Waals surface area contributed by atoms with Crippen molar-refractivity contribution < 1.29 is 20.8 Å². The van der Waals surface area contributed by atoms with Crippen molar-refractivity contribution in [1.82, 2.24) is 0 Å². The number of benzene rings is 4. The van der Waals surface area contributed by atoms with Gasteiger partial charge in [-0.3, -0.25) is 0 Å². The van der Waals surface area contributed by atoms with Crippen LogP contribution in [0.5, 0.6) is 0 Å². The van der Waals surface area contributed by atoms with Gasteiger partial charge in [0.1, 0.15) is 0 Å². The van der Waals surface area contributed by atoms with E-state index in [1.807, 2.05) is 0 Å². The van der Waals surface area contributed by atoms with Crippen molar-refractivity contribution in [3.8, 4) is 0 Å². The Morgan fingerprint density at radius 1 is 0.588 bits per heavy atom. The third-order valence-corrected chi connectivity index (χ3v) is 6.14. The van der Waals surface area contributed by atoms with Crippen LogP contribution in [0.2, 0.25) is 13.1 Å². The molecule has 6 aromatic carbocycles. The summed E-state index contributed by atoms with van der Waals surface area (Å²) < 4.78 is 2.28. The van der Waals surface area contributed by atoms with E-state index in [0.29, 0.717) is 0 Å². The van der Waals surface area contributed by atoms with Crippen LogP contribution in [0.25, 0.3) is 43.1 Å². The number of hydrogen-bond acceptors (Lipinski definition) is 0. The Bertz CT molecular complexity index is 1380. The van der Waals surface area contributed by atoms with E-state index in [0.717, 1.165) is 18.5 Å². The van der Waals surface area contributed by atoms with Crippen molar-refractivity contribution in [3.05, 3.63) is 106 Å². The molecule has 6 aromatic rings. The molecular weight excluding hydrogens is 686 g/mol. The SMILES string of the molecule is Brc1ccc2c(c1)[cH-]c1ccccc12.Brc1ccc2c(c1)[cH-]c1ccccc12.C[Si]C.[Cl][Zr+2][Cl]. The maximum atomic E-state index is 4.93. The van der Waals surface area contributed by atoms with E-state index in [-0.39, 0.29) is 0 Å². The Morgan fingerprint density at radius 2 is 0.912 bits per heavy atom. The molecule has 0 atom stereocenters. The molecule has 34 heavy (non-hydrogen) atoms. The van der Waals surface area contributed by atoms with Crippen LogP contribution in [0.3, 0.4) is 0 Å². The van der Waals surface area contributed by atoms with Gasteiger partial charge in [0, 0.05) is 9.52 Å². The number of hydrogen-bond donors (Lipinski definition) is 0. The van der Waals surface area contributed by atoms with Crippen molar-refractivity contribution >= 4 is 101 Å². The molecule has 0 aliphatic heterocycles. The van der Waals surface area contributed by atoms with E-state index >= 15 is 0 Å². The molecule has 0 unspecified atom stereocenters. The summed E-state index contributed by atoms with van der Waals surface area (Å²) in [6.07, 6.45) is 0. The standard InChI is InChI=1S/2C13H8Br.C2H6Si.2ClH.Zr/c2*14-11-5-6-13-10(8-11)7-9-3-1-2-4-12(9)13;1-3-2;;;/h2*1-8H;1-2H3;2*1H;/q2*-1;;;;+4/p-2. The van der Waals surface area contributed by atoms with Crippen molar-refractivity contribution in [2.45, 2.75) is 13.1 Å².